The molecule has 8 nitrogen and oxygen atoms in total. The molecule has 0 spiro atoms. The summed E-state index contributed by atoms with van der Waals surface area (Å²) in [4.78, 5) is 5.55. The Morgan fingerprint density at radius 2 is 1.61 bits per heavy atom. The third-order valence-electron chi connectivity index (χ3n) is 5.94. The van der Waals surface area contributed by atoms with Crippen LogP contribution in [0.25, 0.3) is 33.4 Å². The standard InChI is InChI=1S/C25H25ClN2O6S2/c1-4-27-16-7-10-19-22(13-16)34-23-14-17(28(5-2)6-3)8-11-20(23)25(19)21-12-9-18(35(26,29)30)15-24(21)36(31,32)33/h7-15H,4-6H2,1-3H3,(H,31,32,33)/b27-16-. The van der Waals surface area contributed by atoms with Gasteiger partial charge in [0.2, 0.25) is 0 Å². The second-order valence-corrected chi connectivity index (χ2v) is 12.0. The van der Waals surface area contributed by atoms with E-state index in [-0.39, 0.29) is 5.56 Å². The zero-order valence-electron chi connectivity index (χ0n) is 19.9. The van der Waals surface area contributed by atoms with Crippen molar-refractivity contribution in [2.45, 2.75) is 30.6 Å². The van der Waals surface area contributed by atoms with Crippen molar-refractivity contribution in [2.75, 3.05) is 24.5 Å². The Labute approximate surface area is 214 Å². The highest BCUT2D eigenvalue weighted by Gasteiger charge is 2.26. The first-order valence-corrected chi connectivity index (χ1v) is 15.1. The normalized spacial score (nSPS) is 13.0. The molecule has 0 unspecified atom stereocenters. The van der Waals surface area contributed by atoms with Crippen LogP contribution in [0.4, 0.5) is 5.69 Å². The Kier molecular flexibility index (Phi) is 7.16. The second kappa shape index (κ2) is 9.85. The van der Waals surface area contributed by atoms with E-state index < -0.39 is 29.0 Å². The van der Waals surface area contributed by atoms with Crippen LogP contribution in [-0.2, 0) is 19.2 Å². The minimum atomic E-state index is -4.83. The first-order valence-electron chi connectivity index (χ1n) is 11.3. The molecule has 0 amide bonds. The van der Waals surface area contributed by atoms with Gasteiger partial charge >= 0.3 is 0 Å². The van der Waals surface area contributed by atoms with Gasteiger partial charge in [0.15, 0.2) is 0 Å². The number of nitrogens with zero attached hydrogens (tertiary/aromatic N) is 2. The molecular formula is C25H25ClN2O6S2. The smallest absolute Gasteiger partial charge is 0.295 e. The summed E-state index contributed by atoms with van der Waals surface area (Å²) in [7, 11) is -3.61. The molecule has 2 aromatic carbocycles. The Morgan fingerprint density at radius 1 is 0.917 bits per heavy atom. The van der Waals surface area contributed by atoms with Crippen LogP contribution < -0.4 is 10.3 Å². The van der Waals surface area contributed by atoms with E-state index in [1.54, 1.807) is 18.2 Å². The summed E-state index contributed by atoms with van der Waals surface area (Å²) in [6.45, 7) is 8.13. The fraction of sp³-hybridized carbons (Fsp3) is 0.240. The van der Waals surface area contributed by atoms with Gasteiger partial charge in [-0.1, -0.05) is 6.07 Å². The van der Waals surface area contributed by atoms with Crippen LogP contribution >= 0.6 is 10.7 Å². The molecule has 0 saturated carbocycles. The molecule has 0 atom stereocenters. The monoisotopic (exact) mass is 548 g/mol. The van der Waals surface area contributed by atoms with Crippen molar-refractivity contribution >= 4 is 46.5 Å². The number of rotatable bonds is 7. The van der Waals surface area contributed by atoms with Gasteiger partial charge in [-0.15, -0.1) is 0 Å². The summed E-state index contributed by atoms with van der Waals surface area (Å²) in [5, 5.41) is 1.28. The topological polar surface area (TPSA) is 117 Å². The van der Waals surface area contributed by atoms with Gasteiger partial charge in [-0.05, 0) is 57.2 Å². The molecule has 1 aliphatic heterocycles. The summed E-state index contributed by atoms with van der Waals surface area (Å²) in [5.74, 6) is 0.458. The second-order valence-electron chi connectivity index (χ2n) is 8.06. The van der Waals surface area contributed by atoms with Crippen LogP contribution in [0.15, 0.2) is 73.8 Å². The van der Waals surface area contributed by atoms with Gasteiger partial charge in [-0.25, -0.2) is 8.42 Å². The summed E-state index contributed by atoms with van der Waals surface area (Å²) in [5.41, 5.74) is 2.56. The fourth-order valence-corrected chi connectivity index (χ4v) is 5.87. The van der Waals surface area contributed by atoms with E-state index >= 15 is 0 Å². The number of fused-ring (bicyclic) bond motifs is 2. The molecule has 2 aromatic rings. The van der Waals surface area contributed by atoms with Crippen LogP contribution in [0, 0.1) is 0 Å². The van der Waals surface area contributed by atoms with Gasteiger partial charge in [-0.3, -0.25) is 9.55 Å². The zero-order valence-corrected chi connectivity index (χ0v) is 22.3. The highest BCUT2D eigenvalue weighted by Crippen LogP contribution is 2.43. The fourth-order valence-electron chi connectivity index (χ4n) is 4.30. The SMILES string of the molecule is CC/N=c1/ccc2c(-c3ccc(S(=O)(=O)Cl)cc3S(=O)(=O)O)c3ccc(N(CC)CC)cc3oc-2c1. The number of hydrogen-bond donors (Lipinski definition) is 1. The molecule has 36 heavy (non-hydrogen) atoms. The Bertz CT molecular complexity index is 1710. The minimum Gasteiger partial charge on any atom is -0.456 e. The van der Waals surface area contributed by atoms with Crippen LogP contribution in [0.3, 0.4) is 0 Å². The van der Waals surface area contributed by atoms with E-state index in [2.05, 4.69) is 9.89 Å². The van der Waals surface area contributed by atoms with Crippen molar-refractivity contribution in [3.8, 4) is 22.5 Å². The maximum atomic E-state index is 12.4. The van der Waals surface area contributed by atoms with Gasteiger partial charge in [0, 0.05) is 70.2 Å². The van der Waals surface area contributed by atoms with E-state index in [4.69, 9.17) is 15.1 Å². The third-order valence-corrected chi connectivity index (χ3v) is 8.19. The summed E-state index contributed by atoms with van der Waals surface area (Å²) in [6.07, 6.45) is 0. The van der Waals surface area contributed by atoms with E-state index in [0.717, 1.165) is 24.8 Å². The van der Waals surface area contributed by atoms with Gasteiger partial charge in [-0.2, -0.15) is 8.42 Å². The van der Waals surface area contributed by atoms with Crippen LogP contribution in [0.2, 0.25) is 0 Å². The molecule has 2 aliphatic rings. The quantitative estimate of drug-likeness (QED) is 0.193. The van der Waals surface area contributed by atoms with Gasteiger partial charge in [0.25, 0.3) is 19.2 Å². The molecule has 0 saturated heterocycles. The van der Waals surface area contributed by atoms with E-state index in [1.165, 1.54) is 12.1 Å². The predicted molar refractivity (Wildman–Crippen MR) is 141 cm³/mol. The molecule has 1 heterocycles. The van der Waals surface area contributed by atoms with Crippen molar-refractivity contribution in [1.82, 2.24) is 0 Å². The highest BCUT2D eigenvalue weighted by atomic mass is 35.7. The molecule has 0 radical (unpaired) electrons. The molecular weight excluding hydrogens is 524 g/mol. The molecule has 0 fully saturated rings. The average Bonchev–Trinajstić information content (AvgIpc) is 2.82. The molecule has 0 bridgehead atoms. The van der Waals surface area contributed by atoms with Crippen molar-refractivity contribution in [3.05, 3.63) is 60.0 Å². The lowest BCUT2D eigenvalue weighted by Gasteiger charge is -2.22. The summed E-state index contributed by atoms with van der Waals surface area (Å²) < 4.78 is 64.9. The van der Waals surface area contributed by atoms with Gasteiger partial charge < -0.3 is 9.32 Å². The van der Waals surface area contributed by atoms with Crippen molar-refractivity contribution in [1.29, 1.82) is 0 Å². The Balaban J connectivity index is 2.17. The Hall–Kier alpha value is -2.92. The van der Waals surface area contributed by atoms with Gasteiger partial charge in [0.1, 0.15) is 16.2 Å². The number of benzene rings is 3. The molecule has 0 aromatic heterocycles. The molecule has 4 rings (SSSR count). The van der Waals surface area contributed by atoms with Crippen LogP contribution in [0.5, 0.6) is 0 Å². The van der Waals surface area contributed by atoms with Crippen molar-refractivity contribution in [2.24, 2.45) is 4.99 Å². The number of anilines is 1. The van der Waals surface area contributed by atoms with Crippen LogP contribution in [-0.4, -0.2) is 41.0 Å². The minimum absolute atomic E-state index is 0.114. The van der Waals surface area contributed by atoms with E-state index in [9.17, 15) is 21.4 Å². The summed E-state index contributed by atoms with van der Waals surface area (Å²) >= 11 is 0. The van der Waals surface area contributed by atoms with E-state index in [1.807, 2.05) is 39.0 Å². The van der Waals surface area contributed by atoms with Crippen LogP contribution in [0.1, 0.15) is 20.8 Å². The van der Waals surface area contributed by atoms with Crippen molar-refractivity contribution < 1.29 is 25.8 Å². The largest absolute Gasteiger partial charge is 0.456 e. The lowest BCUT2D eigenvalue weighted by atomic mass is 9.93. The maximum Gasteiger partial charge on any atom is 0.295 e. The average molecular weight is 549 g/mol. The lowest BCUT2D eigenvalue weighted by Crippen LogP contribution is -2.21. The zero-order chi connectivity index (χ0) is 26.3. The highest BCUT2D eigenvalue weighted by molar-refractivity contribution is 8.13. The number of halogens is 1. The lowest BCUT2D eigenvalue weighted by molar-refractivity contribution is 0.483. The molecule has 11 heteroatoms. The Morgan fingerprint density at radius 3 is 2.22 bits per heavy atom. The number of hydrogen-bond acceptors (Lipinski definition) is 7. The van der Waals surface area contributed by atoms with Crippen molar-refractivity contribution in [3.63, 3.8) is 0 Å². The predicted octanol–water partition coefficient (Wildman–Crippen LogP) is 5.15. The molecule has 190 valence electrons. The maximum absolute atomic E-state index is 12.4. The molecule has 1 N–H and O–H groups in total. The van der Waals surface area contributed by atoms with Gasteiger partial charge in [0.05, 0.1) is 10.3 Å². The first kappa shape index (κ1) is 26.2. The van der Waals surface area contributed by atoms with E-state index in [0.29, 0.717) is 39.8 Å². The first-order chi connectivity index (χ1) is 17.0. The third kappa shape index (κ3) is 4.99. The summed E-state index contributed by atoms with van der Waals surface area (Å²) in [6, 6.07) is 14.3. The molecule has 1 aliphatic carbocycles.